The van der Waals surface area contributed by atoms with E-state index in [-0.39, 0.29) is 11.3 Å². The van der Waals surface area contributed by atoms with Crippen molar-refractivity contribution >= 4 is 17.2 Å². The molecule has 0 spiro atoms. The third-order valence-corrected chi connectivity index (χ3v) is 6.58. The van der Waals surface area contributed by atoms with Crippen LogP contribution in [0.5, 0.6) is 17.2 Å². The van der Waals surface area contributed by atoms with Crippen LogP contribution in [0.25, 0.3) is 0 Å². The molecule has 7 heteroatoms. The van der Waals surface area contributed by atoms with Gasteiger partial charge < -0.3 is 19.5 Å². The molecule has 0 atom stereocenters. The Kier molecular flexibility index (Phi) is 6.13. The molecule has 0 aliphatic heterocycles. The summed E-state index contributed by atoms with van der Waals surface area (Å²) >= 11 is 1.50. The van der Waals surface area contributed by atoms with Gasteiger partial charge in [-0.2, -0.15) is 0 Å². The Labute approximate surface area is 186 Å². The highest BCUT2D eigenvalue weighted by atomic mass is 32.1. The topological polar surface area (TPSA) is 69.7 Å². The van der Waals surface area contributed by atoms with Gasteiger partial charge in [0.1, 0.15) is 11.4 Å². The monoisotopic (exact) mass is 438 g/mol. The van der Waals surface area contributed by atoms with Crippen LogP contribution >= 0.6 is 11.3 Å². The third kappa shape index (κ3) is 4.66. The quantitative estimate of drug-likeness (QED) is 0.542. The van der Waals surface area contributed by atoms with E-state index < -0.39 is 0 Å². The first-order valence-electron chi connectivity index (χ1n) is 10.1. The predicted molar refractivity (Wildman–Crippen MR) is 121 cm³/mol. The van der Waals surface area contributed by atoms with Crippen LogP contribution < -0.4 is 19.5 Å². The summed E-state index contributed by atoms with van der Waals surface area (Å²) in [5.41, 5.74) is 2.71. The highest BCUT2D eigenvalue weighted by Crippen LogP contribution is 2.49. The van der Waals surface area contributed by atoms with E-state index in [4.69, 9.17) is 14.2 Å². The molecule has 3 aromatic rings. The van der Waals surface area contributed by atoms with Crippen molar-refractivity contribution in [2.45, 2.75) is 24.7 Å². The highest BCUT2D eigenvalue weighted by Gasteiger charge is 2.44. The van der Waals surface area contributed by atoms with Gasteiger partial charge in [0.2, 0.25) is 0 Å². The summed E-state index contributed by atoms with van der Waals surface area (Å²) in [5.74, 6) is 2.11. The van der Waals surface area contributed by atoms with E-state index in [1.807, 2.05) is 41.8 Å². The number of aromatic nitrogens is 1. The molecule has 2 aromatic carbocycles. The maximum Gasteiger partial charge on any atom is 0.270 e. The van der Waals surface area contributed by atoms with Crippen LogP contribution in [0, 0.1) is 0 Å². The number of ether oxygens (including phenoxy) is 3. The van der Waals surface area contributed by atoms with Crippen LogP contribution in [0.3, 0.4) is 0 Å². The van der Waals surface area contributed by atoms with Gasteiger partial charge in [-0.25, -0.2) is 4.98 Å². The Morgan fingerprint density at radius 3 is 2.42 bits per heavy atom. The molecule has 162 valence electrons. The van der Waals surface area contributed by atoms with Gasteiger partial charge in [-0.3, -0.25) is 4.79 Å². The number of thiazole rings is 1. The van der Waals surface area contributed by atoms with Gasteiger partial charge in [-0.1, -0.05) is 18.2 Å². The molecule has 0 bridgehead atoms. The molecule has 6 nitrogen and oxygen atoms in total. The fourth-order valence-corrected chi connectivity index (χ4v) is 4.45. The lowest BCUT2D eigenvalue weighted by Crippen LogP contribution is -2.32. The number of amides is 1. The minimum absolute atomic E-state index is 0.0445. The summed E-state index contributed by atoms with van der Waals surface area (Å²) in [5, 5.41) is 5.81. The zero-order valence-corrected chi connectivity index (χ0v) is 18.8. The van der Waals surface area contributed by atoms with E-state index >= 15 is 0 Å². The third-order valence-electron chi connectivity index (χ3n) is 5.74. The lowest BCUT2D eigenvalue weighted by molar-refractivity contribution is 0.0945. The first-order valence-corrected chi connectivity index (χ1v) is 11.0. The number of carbonyl (C=O) groups is 1. The zero-order valence-electron chi connectivity index (χ0n) is 17.9. The van der Waals surface area contributed by atoms with Crippen LogP contribution in [0.2, 0.25) is 0 Å². The van der Waals surface area contributed by atoms with Crippen molar-refractivity contribution in [1.29, 1.82) is 0 Å². The molecular weight excluding hydrogens is 412 g/mol. The van der Waals surface area contributed by atoms with E-state index in [0.717, 1.165) is 34.7 Å². The molecule has 0 radical (unpaired) electrons. The number of carbonyl (C=O) groups excluding carboxylic acids is 1. The summed E-state index contributed by atoms with van der Waals surface area (Å²) in [6, 6.07) is 13.9. The lowest BCUT2D eigenvalue weighted by Gasteiger charge is -2.18. The van der Waals surface area contributed by atoms with E-state index in [9.17, 15) is 4.79 Å². The van der Waals surface area contributed by atoms with Crippen molar-refractivity contribution in [3.05, 3.63) is 69.7 Å². The molecule has 1 aliphatic carbocycles. The lowest BCUT2D eigenvalue weighted by atomic mass is 9.95. The molecule has 1 amide bonds. The Morgan fingerprint density at radius 1 is 1.03 bits per heavy atom. The van der Waals surface area contributed by atoms with Crippen molar-refractivity contribution in [2.24, 2.45) is 0 Å². The number of benzene rings is 2. The number of nitrogens with zero attached hydrogens (tertiary/aromatic N) is 1. The van der Waals surface area contributed by atoms with Crippen molar-refractivity contribution in [3.63, 3.8) is 0 Å². The van der Waals surface area contributed by atoms with Gasteiger partial charge in [0.05, 0.1) is 26.3 Å². The molecule has 0 saturated heterocycles. The molecule has 1 aliphatic rings. The number of methoxy groups -OCH3 is 3. The Bertz CT molecular complexity index is 1060. The maximum absolute atomic E-state index is 12.7. The summed E-state index contributed by atoms with van der Waals surface area (Å²) in [6.45, 7) is 0.576. The minimum atomic E-state index is -0.135. The minimum Gasteiger partial charge on any atom is -0.497 e. The first kappa shape index (κ1) is 21.2. The molecule has 1 fully saturated rings. The van der Waals surface area contributed by atoms with Crippen LogP contribution in [0.1, 0.15) is 39.5 Å². The van der Waals surface area contributed by atoms with Crippen LogP contribution in [0.4, 0.5) is 0 Å². The average Bonchev–Trinajstić information content (AvgIpc) is 3.47. The van der Waals surface area contributed by atoms with Gasteiger partial charge in [-0.05, 0) is 48.2 Å². The SMILES string of the molecule is COc1ccc(Cc2nc(C(=O)NCC3(c4ccc(OC)c(OC)c4)CC3)cs2)cc1. The second kappa shape index (κ2) is 8.98. The number of hydrogen-bond acceptors (Lipinski definition) is 6. The standard InChI is InChI=1S/C24H26N2O4S/c1-28-18-7-4-16(5-8-18)12-22-26-19(14-31-22)23(27)25-15-24(10-11-24)17-6-9-20(29-2)21(13-17)30-3/h4-9,13-14H,10-12,15H2,1-3H3,(H,25,27). The van der Waals surface area contributed by atoms with Gasteiger partial charge in [-0.15, -0.1) is 11.3 Å². The normalized spacial score (nSPS) is 14.0. The molecule has 1 N–H and O–H groups in total. The summed E-state index contributed by atoms with van der Waals surface area (Å²) in [6.07, 6.45) is 2.75. The highest BCUT2D eigenvalue weighted by molar-refractivity contribution is 7.09. The predicted octanol–water partition coefficient (Wildman–Crippen LogP) is 4.22. The zero-order chi connectivity index (χ0) is 21.8. The van der Waals surface area contributed by atoms with Gasteiger partial charge >= 0.3 is 0 Å². The van der Waals surface area contributed by atoms with Crippen molar-refractivity contribution in [3.8, 4) is 17.2 Å². The first-order chi connectivity index (χ1) is 15.1. The second-order valence-corrected chi connectivity index (χ2v) is 8.63. The number of rotatable bonds is 9. The van der Waals surface area contributed by atoms with Crippen molar-refractivity contribution < 1.29 is 19.0 Å². The Hall–Kier alpha value is -3.06. The van der Waals surface area contributed by atoms with E-state index in [1.165, 1.54) is 11.3 Å². The van der Waals surface area contributed by atoms with Crippen molar-refractivity contribution in [2.75, 3.05) is 27.9 Å². The molecule has 0 unspecified atom stereocenters. The van der Waals surface area contributed by atoms with Crippen LogP contribution in [0.15, 0.2) is 47.8 Å². The van der Waals surface area contributed by atoms with E-state index in [1.54, 1.807) is 21.3 Å². The van der Waals surface area contributed by atoms with Gasteiger partial charge in [0.15, 0.2) is 11.5 Å². The number of nitrogens with one attached hydrogen (secondary N) is 1. The second-order valence-electron chi connectivity index (χ2n) is 7.68. The molecule has 4 rings (SSSR count). The van der Waals surface area contributed by atoms with Crippen LogP contribution in [-0.4, -0.2) is 38.8 Å². The fourth-order valence-electron chi connectivity index (χ4n) is 3.64. The molecule has 1 heterocycles. The summed E-state index contributed by atoms with van der Waals surface area (Å²) < 4.78 is 16.0. The molecule has 31 heavy (non-hydrogen) atoms. The molecular formula is C24H26N2O4S. The Balaban J connectivity index is 1.38. The summed E-state index contributed by atoms with van der Waals surface area (Å²) in [7, 11) is 4.91. The fraction of sp³-hybridized carbons (Fsp3) is 0.333. The number of hydrogen-bond donors (Lipinski definition) is 1. The van der Waals surface area contributed by atoms with Gasteiger partial charge in [0, 0.05) is 23.8 Å². The average molecular weight is 439 g/mol. The van der Waals surface area contributed by atoms with Crippen LogP contribution in [-0.2, 0) is 11.8 Å². The van der Waals surface area contributed by atoms with Gasteiger partial charge in [0.25, 0.3) is 5.91 Å². The van der Waals surface area contributed by atoms with E-state index in [2.05, 4.69) is 16.4 Å². The Morgan fingerprint density at radius 2 is 1.77 bits per heavy atom. The molecule has 1 saturated carbocycles. The summed E-state index contributed by atoms with van der Waals surface area (Å²) in [4.78, 5) is 17.2. The molecule has 1 aromatic heterocycles. The maximum atomic E-state index is 12.7. The van der Waals surface area contributed by atoms with E-state index in [0.29, 0.717) is 30.2 Å². The smallest absolute Gasteiger partial charge is 0.270 e. The van der Waals surface area contributed by atoms with Crippen molar-refractivity contribution in [1.82, 2.24) is 10.3 Å². The largest absolute Gasteiger partial charge is 0.497 e.